The number of aromatic nitrogens is 2. The molecule has 0 aliphatic heterocycles. The first-order valence-corrected chi connectivity index (χ1v) is 1.73. The predicted molar refractivity (Wildman–Crippen MR) is 20.6 cm³/mol. The Labute approximate surface area is 44.3 Å². The lowest BCUT2D eigenvalue weighted by Crippen LogP contribution is -1.86. The molecule has 0 atom stereocenters. The Kier molecular flexibility index (Phi) is 1.23. The van der Waals surface area contributed by atoms with Crippen LogP contribution >= 0.6 is 0 Å². The van der Waals surface area contributed by atoms with Crippen LogP contribution in [0, 0.1) is 0 Å². The van der Waals surface area contributed by atoms with Gasteiger partial charge < -0.3 is 9.15 Å². The smallest absolute Gasteiger partial charge is 0.396 e. The van der Waals surface area contributed by atoms with Gasteiger partial charge in [-0.2, -0.15) is 0 Å². The summed E-state index contributed by atoms with van der Waals surface area (Å²) in [6, 6.07) is 0. The van der Waals surface area contributed by atoms with Crippen molar-refractivity contribution in [3.63, 3.8) is 0 Å². The summed E-state index contributed by atoms with van der Waals surface area (Å²) in [5.41, 5.74) is 0. The van der Waals surface area contributed by atoms with Crippen LogP contribution in [0.4, 0.5) is 0 Å². The van der Waals surface area contributed by atoms with E-state index >= 15 is 0 Å². The van der Waals surface area contributed by atoms with Crippen LogP contribution in [0.2, 0.25) is 0 Å². The molecule has 8 heavy (non-hydrogen) atoms. The fourth-order valence-electron chi connectivity index (χ4n) is 0.243. The third kappa shape index (κ3) is 0.810. The van der Waals surface area contributed by atoms with Crippen molar-refractivity contribution in [1.82, 2.24) is 10.2 Å². The molecule has 0 spiro atoms. The standard InChI is InChI=1S/C3HN2O3/c6-2-8-3-5-4-1-7-3/h1H. The molecule has 1 rings (SSSR count). The van der Waals surface area contributed by atoms with E-state index in [1.165, 1.54) is 0 Å². The minimum absolute atomic E-state index is 0.194. The highest BCUT2D eigenvalue weighted by molar-refractivity contribution is 5.41. The summed E-state index contributed by atoms with van der Waals surface area (Å²) in [6.07, 6.45) is 0.854. The molecule has 0 fully saturated rings. The van der Waals surface area contributed by atoms with Crippen LogP contribution in [0.3, 0.4) is 0 Å². The van der Waals surface area contributed by atoms with E-state index in [4.69, 9.17) is 0 Å². The van der Waals surface area contributed by atoms with Crippen LogP contribution in [0.1, 0.15) is 0 Å². The van der Waals surface area contributed by atoms with Gasteiger partial charge in [-0.1, -0.05) is 5.10 Å². The van der Waals surface area contributed by atoms with E-state index in [1.807, 2.05) is 0 Å². The molecule has 0 N–H and O–H groups in total. The first kappa shape index (κ1) is 4.76. The largest absolute Gasteiger partial charge is 0.426 e. The van der Waals surface area contributed by atoms with Crippen LogP contribution in [0.15, 0.2) is 10.8 Å². The van der Waals surface area contributed by atoms with Crippen molar-refractivity contribution in [1.29, 1.82) is 0 Å². The SMILES string of the molecule is O=[C]Oc1nnco1. The summed E-state index contributed by atoms with van der Waals surface area (Å²) in [5, 5.41) is 6.42. The summed E-state index contributed by atoms with van der Waals surface area (Å²) in [5.74, 6) is 0. The van der Waals surface area contributed by atoms with Gasteiger partial charge in [-0.3, -0.25) is 0 Å². The lowest BCUT2D eigenvalue weighted by molar-refractivity contribution is 0.340. The highest BCUT2D eigenvalue weighted by Gasteiger charge is 1.94. The molecule has 1 radical (unpaired) electrons. The van der Waals surface area contributed by atoms with Gasteiger partial charge in [-0.25, -0.2) is 4.79 Å². The first-order valence-electron chi connectivity index (χ1n) is 1.73. The fraction of sp³-hybridized carbons (Fsp3) is 0. The summed E-state index contributed by atoms with van der Waals surface area (Å²) in [7, 11) is 0. The number of rotatable bonds is 2. The molecule has 0 unspecified atom stereocenters. The Morgan fingerprint density at radius 3 is 3.25 bits per heavy atom. The Hall–Kier alpha value is -1.39. The summed E-state index contributed by atoms with van der Waals surface area (Å²) in [4.78, 5) is 9.40. The van der Waals surface area contributed by atoms with Crippen molar-refractivity contribution in [2.75, 3.05) is 0 Å². The minimum Gasteiger partial charge on any atom is -0.396 e. The molecule has 0 saturated heterocycles. The third-order valence-electron chi connectivity index (χ3n) is 0.469. The number of hydrogen-bond donors (Lipinski definition) is 0. The molecule has 5 nitrogen and oxygen atoms in total. The maximum atomic E-state index is 9.40. The van der Waals surface area contributed by atoms with Crippen LogP contribution in [-0.4, -0.2) is 16.7 Å². The van der Waals surface area contributed by atoms with E-state index in [9.17, 15) is 4.79 Å². The Balaban J connectivity index is 2.62. The zero-order chi connectivity index (χ0) is 5.82. The summed E-state index contributed by atoms with van der Waals surface area (Å²) < 4.78 is 8.37. The quantitative estimate of drug-likeness (QED) is 0.518. The van der Waals surface area contributed by atoms with Crippen LogP contribution < -0.4 is 4.74 Å². The average Bonchev–Trinajstić information content (AvgIpc) is 2.19. The molecule has 1 heterocycles. The van der Waals surface area contributed by atoms with E-state index in [0.717, 1.165) is 12.9 Å². The Morgan fingerprint density at radius 1 is 1.88 bits per heavy atom. The Morgan fingerprint density at radius 2 is 2.75 bits per heavy atom. The van der Waals surface area contributed by atoms with Gasteiger partial charge in [-0.05, 0) is 0 Å². The number of carbonyl (C=O) groups excluding carboxylic acids is 1. The second kappa shape index (κ2) is 2.06. The van der Waals surface area contributed by atoms with Gasteiger partial charge in [0, 0.05) is 0 Å². The van der Waals surface area contributed by atoms with Crippen LogP contribution in [0.25, 0.3) is 0 Å². The molecule has 0 aliphatic carbocycles. The van der Waals surface area contributed by atoms with E-state index < -0.39 is 0 Å². The zero-order valence-corrected chi connectivity index (χ0v) is 3.70. The van der Waals surface area contributed by atoms with E-state index in [2.05, 4.69) is 19.4 Å². The van der Waals surface area contributed by atoms with Gasteiger partial charge in [0.05, 0.1) is 0 Å². The van der Waals surface area contributed by atoms with E-state index in [1.54, 1.807) is 0 Å². The van der Waals surface area contributed by atoms with Gasteiger partial charge >= 0.3 is 12.5 Å². The molecule has 0 aliphatic rings. The molecule has 0 amide bonds. The molecule has 41 valence electrons. The second-order valence-electron chi connectivity index (χ2n) is 0.890. The highest BCUT2D eigenvalue weighted by Crippen LogP contribution is 1.98. The highest BCUT2D eigenvalue weighted by atomic mass is 16.6. The van der Waals surface area contributed by atoms with Gasteiger partial charge in [0.25, 0.3) is 0 Å². The van der Waals surface area contributed by atoms with Crippen molar-refractivity contribution < 1.29 is 13.9 Å². The normalized spacial score (nSPS) is 8.50. The number of nitrogens with zero attached hydrogens (tertiary/aromatic N) is 2. The van der Waals surface area contributed by atoms with E-state index in [0.29, 0.717) is 0 Å². The molecule has 0 aromatic carbocycles. The summed E-state index contributed by atoms with van der Waals surface area (Å²) in [6.45, 7) is 1.12. The minimum atomic E-state index is -0.194. The van der Waals surface area contributed by atoms with E-state index in [-0.39, 0.29) is 6.08 Å². The number of hydrogen-bond acceptors (Lipinski definition) is 5. The Bertz CT molecular complexity index is 159. The summed E-state index contributed by atoms with van der Waals surface area (Å²) >= 11 is 0. The van der Waals surface area contributed by atoms with Gasteiger partial charge in [-0.15, -0.1) is 5.10 Å². The first-order chi connectivity index (χ1) is 3.93. The molecule has 1 aromatic heterocycles. The maximum absolute atomic E-state index is 9.40. The monoisotopic (exact) mass is 113 g/mol. The molecule has 1 aromatic rings. The topological polar surface area (TPSA) is 65.2 Å². The lowest BCUT2D eigenvalue weighted by atomic mass is 11.3. The molecule has 5 heteroatoms. The molecular weight excluding hydrogens is 112 g/mol. The zero-order valence-electron chi connectivity index (χ0n) is 3.70. The van der Waals surface area contributed by atoms with Crippen molar-refractivity contribution in [2.45, 2.75) is 0 Å². The van der Waals surface area contributed by atoms with Gasteiger partial charge in [0.2, 0.25) is 6.39 Å². The lowest BCUT2D eigenvalue weighted by Gasteiger charge is -1.77. The third-order valence-corrected chi connectivity index (χ3v) is 0.469. The van der Waals surface area contributed by atoms with Crippen LogP contribution in [0.5, 0.6) is 6.08 Å². The van der Waals surface area contributed by atoms with Gasteiger partial charge in [0.15, 0.2) is 0 Å². The molecule has 0 saturated carbocycles. The predicted octanol–water partition coefficient (Wildman–Crippen LogP) is -0.484. The van der Waals surface area contributed by atoms with Crippen molar-refractivity contribution in [3.8, 4) is 6.08 Å². The van der Waals surface area contributed by atoms with Gasteiger partial charge in [0.1, 0.15) is 0 Å². The van der Waals surface area contributed by atoms with Crippen LogP contribution in [-0.2, 0) is 4.79 Å². The number of ether oxygens (including phenoxy) is 1. The van der Waals surface area contributed by atoms with Crippen molar-refractivity contribution >= 4 is 6.47 Å². The fourth-order valence-corrected chi connectivity index (χ4v) is 0.243. The molecule has 0 bridgehead atoms. The van der Waals surface area contributed by atoms with Crippen molar-refractivity contribution in [2.24, 2.45) is 0 Å². The maximum Gasteiger partial charge on any atom is 0.426 e. The second-order valence-corrected chi connectivity index (χ2v) is 0.890. The molecular formula is C3HN2O3. The average molecular weight is 113 g/mol. The van der Waals surface area contributed by atoms with Crippen molar-refractivity contribution in [3.05, 3.63) is 6.39 Å².